The van der Waals surface area contributed by atoms with Crippen molar-refractivity contribution in [3.05, 3.63) is 50.3 Å². The van der Waals surface area contributed by atoms with E-state index in [-0.39, 0.29) is 11.4 Å². The normalized spacial score (nSPS) is 14.7. The molecule has 21 heavy (non-hydrogen) atoms. The van der Waals surface area contributed by atoms with Crippen LogP contribution in [0.25, 0.3) is 11.6 Å². The first-order valence-corrected chi connectivity index (χ1v) is 6.21. The molecule has 0 amide bonds. The van der Waals surface area contributed by atoms with Crippen LogP contribution < -0.4 is 11.2 Å². The van der Waals surface area contributed by atoms with Gasteiger partial charge in [-0.1, -0.05) is 0 Å². The van der Waals surface area contributed by atoms with Gasteiger partial charge < -0.3 is 5.11 Å². The highest BCUT2D eigenvalue weighted by Gasteiger charge is 2.17. The van der Waals surface area contributed by atoms with Gasteiger partial charge in [0.15, 0.2) is 5.82 Å². The lowest BCUT2D eigenvalue weighted by Gasteiger charge is -2.08. The molecule has 0 aromatic carbocycles. The number of nitrogens with zero attached hydrogens (tertiary/aromatic N) is 4. The van der Waals surface area contributed by atoms with Gasteiger partial charge in [-0.05, 0) is 18.2 Å². The van der Waals surface area contributed by atoms with Crippen molar-refractivity contribution in [2.24, 2.45) is 19.1 Å². The van der Waals surface area contributed by atoms with E-state index >= 15 is 0 Å². The van der Waals surface area contributed by atoms with Crippen LogP contribution in [0.4, 0.5) is 5.82 Å². The molecule has 0 saturated carbocycles. The largest absolute Gasteiger partial charge is 0.494 e. The van der Waals surface area contributed by atoms with Gasteiger partial charge in [-0.2, -0.15) is 0 Å². The van der Waals surface area contributed by atoms with Gasteiger partial charge in [0.05, 0.1) is 0 Å². The van der Waals surface area contributed by atoms with Gasteiger partial charge in [0.2, 0.25) is 5.88 Å². The Bertz CT molecular complexity index is 919. The Kier molecular flexibility index (Phi) is 2.83. The fourth-order valence-electron chi connectivity index (χ4n) is 2.18. The number of aliphatic imine (C=N–C) groups is 1. The number of hydrogen-bond donors (Lipinski definition) is 1. The zero-order valence-corrected chi connectivity index (χ0v) is 11.4. The Balaban J connectivity index is 2.26. The monoisotopic (exact) mass is 284 g/mol. The molecule has 0 spiro atoms. The molecule has 1 aliphatic rings. The van der Waals surface area contributed by atoms with Crippen LogP contribution in [-0.4, -0.2) is 25.4 Å². The summed E-state index contributed by atoms with van der Waals surface area (Å²) >= 11 is 0. The van der Waals surface area contributed by atoms with Crippen molar-refractivity contribution >= 4 is 23.7 Å². The summed E-state index contributed by atoms with van der Waals surface area (Å²) in [6, 6.07) is 3.59. The van der Waals surface area contributed by atoms with Crippen molar-refractivity contribution in [1.29, 1.82) is 0 Å². The van der Waals surface area contributed by atoms with Gasteiger partial charge in [-0.3, -0.25) is 13.9 Å². The summed E-state index contributed by atoms with van der Waals surface area (Å²) in [6.07, 6.45) is 4.71. The van der Waals surface area contributed by atoms with Crippen LogP contribution in [0, 0.1) is 0 Å². The molecule has 0 unspecified atom stereocenters. The smallest absolute Gasteiger partial charge is 0.333 e. The summed E-state index contributed by atoms with van der Waals surface area (Å²) < 4.78 is 1.96. The summed E-state index contributed by atoms with van der Waals surface area (Å²) in [4.78, 5) is 32.1. The van der Waals surface area contributed by atoms with Gasteiger partial charge >= 0.3 is 5.69 Å². The van der Waals surface area contributed by atoms with E-state index in [0.717, 1.165) is 14.7 Å². The van der Waals surface area contributed by atoms with Gasteiger partial charge in [0, 0.05) is 37.6 Å². The first-order valence-electron chi connectivity index (χ1n) is 6.21. The fraction of sp³-hybridized carbons (Fsp3) is 0.143. The topological polar surface area (TPSA) is 89.5 Å². The molecule has 0 saturated heterocycles. The number of pyridine rings is 1. The van der Waals surface area contributed by atoms with Gasteiger partial charge in [0.25, 0.3) is 5.56 Å². The van der Waals surface area contributed by atoms with Crippen molar-refractivity contribution in [3.63, 3.8) is 0 Å². The predicted octanol–water partition coefficient (Wildman–Crippen LogP) is 0.441. The molecule has 1 aliphatic heterocycles. The van der Waals surface area contributed by atoms with E-state index in [1.165, 1.54) is 20.2 Å². The average Bonchev–Trinajstić information content (AvgIpc) is 2.91. The molecule has 2 aromatic heterocycles. The number of hydrogen-bond acceptors (Lipinski definition) is 5. The molecule has 0 aliphatic carbocycles. The molecule has 0 bridgehead atoms. The SMILES string of the molecule is Cn1c(O)c(/C=C2/C=Nc3ncccc32)c(=O)n(C)c1=O. The minimum absolute atomic E-state index is 0.0396. The molecular formula is C14H12N4O3. The van der Waals surface area contributed by atoms with Crippen molar-refractivity contribution in [2.45, 2.75) is 0 Å². The van der Waals surface area contributed by atoms with Crippen LogP contribution in [-0.2, 0) is 14.1 Å². The Morgan fingerprint density at radius 1 is 1.24 bits per heavy atom. The van der Waals surface area contributed by atoms with Gasteiger partial charge in [0.1, 0.15) is 5.56 Å². The summed E-state index contributed by atoms with van der Waals surface area (Å²) in [7, 11) is 2.77. The van der Waals surface area contributed by atoms with E-state index < -0.39 is 11.2 Å². The van der Waals surface area contributed by atoms with E-state index in [0.29, 0.717) is 11.4 Å². The van der Waals surface area contributed by atoms with Crippen molar-refractivity contribution in [2.75, 3.05) is 0 Å². The third-order valence-electron chi connectivity index (χ3n) is 3.39. The molecule has 0 radical (unpaired) electrons. The fourth-order valence-corrected chi connectivity index (χ4v) is 2.18. The molecule has 106 valence electrons. The van der Waals surface area contributed by atoms with Crippen molar-refractivity contribution in [1.82, 2.24) is 14.1 Å². The highest BCUT2D eigenvalue weighted by atomic mass is 16.3. The summed E-state index contributed by atoms with van der Waals surface area (Å²) in [5, 5.41) is 10.0. The standard InChI is InChI=1S/C14H12N4O3/c1-17-12(19)10(13(20)18(2)14(17)21)6-8-7-16-11-9(8)4-3-5-15-11/h3-7,19H,1-2H3/b8-6-. The maximum atomic E-state index is 12.1. The Morgan fingerprint density at radius 2 is 2.00 bits per heavy atom. The first kappa shape index (κ1) is 13.0. The van der Waals surface area contributed by atoms with Crippen LogP contribution in [0.1, 0.15) is 11.1 Å². The Labute approximate surface area is 119 Å². The van der Waals surface area contributed by atoms with Crippen LogP contribution in [0.15, 0.2) is 32.9 Å². The number of fused-ring (bicyclic) bond motifs is 1. The van der Waals surface area contributed by atoms with Crippen LogP contribution >= 0.6 is 0 Å². The second-order valence-corrected chi connectivity index (χ2v) is 4.68. The Morgan fingerprint density at radius 3 is 2.76 bits per heavy atom. The minimum Gasteiger partial charge on any atom is -0.494 e. The molecule has 3 heterocycles. The molecule has 0 fully saturated rings. The van der Waals surface area contributed by atoms with Gasteiger partial charge in [-0.25, -0.2) is 14.8 Å². The lowest BCUT2D eigenvalue weighted by atomic mass is 10.1. The molecule has 7 heteroatoms. The van der Waals surface area contributed by atoms with Crippen molar-refractivity contribution in [3.8, 4) is 5.88 Å². The van der Waals surface area contributed by atoms with E-state index in [1.54, 1.807) is 18.5 Å². The molecule has 3 rings (SSSR count). The molecule has 1 N–H and O–H groups in total. The van der Waals surface area contributed by atoms with Gasteiger partial charge in [-0.15, -0.1) is 0 Å². The summed E-state index contributed by atoms with van der Waals surface area (Å²) in [6.45, 7) is 0. The van der Waals surface area contributed by atoms with E-state index in [4.69, 9.17) is 0 Å². The number of aromatic hydroxyl groups is 1. The zero-order chi connectivity index (χ0) is 15.1. The van der Waals surface area contributed by atoms with E-state index in [9.17, 15) is 14.7 Å². The van der Waals surface area contributed by atoms with Crippen molar-refractivity contribution < 1.29 is 5.11 Å². The number of rotatable bonds is 1. The average molecular weight is 284 g/mol. The molecular weight excluding hydrogens is 272 g/mol. The summed E-state index contributed by atoms with van der Waals surface area (Å²) in [5.74, 6) is 0.186. The lowest BCUT2D eigenvalue weighted by Crippen LogP contribution is -2.37. The van der Waals surface area contributed by atoms with E-state index in [2.05, 4.69) is 9.98 Å². The first-order chi connectivity index (χ1) is 10.0. The second-order valence-electron chi connectivity index (χ2n) is 4.68. The van der Waals surface area contributed by atoms with Crippen LogP contribution in [0.3, 0.4) is 0 Å². The maximum Gasteiger partial charge on any atom is 0.333 e. The highest BCUT2D eigenvalue weighted by molar-refractivity contribution is 6.21. The zero-order valence-electron chi connectivity index (χ0n) is 11.4. The Hall–Kier alpha value is -2.96. The number of aromatic nitrogens is 3. The molecule has 2 aromatic rings. The third-order valence-corrected chi connectivity index (χ3v) is 3.39. The van der Waals surface area contributed by atoms with Crippen LogP contribution in [0.5, 0.6) is 5.88 Å². The molecule has 7 nitrogen and oxygen atoms in total. The summed E-state index contributed by atoms with van der Waals surface area (Å²) in [5.41, 5.74) is 0.324. The van der Waals surface area contributed by atoms with Crippen LogP contribution in [0.2, 0.25) is 0 Å². The third kappa shape index (κ3) is 1.90. The minimum atomic E-state index is -0.582. The quantitative estimate of drug-likeness (QED) is 0.823. The van der Waals surface area contributed by atoms with E-state index in [1.807, 2.05) is 6.07 Å². The second kappa shape index (κ2) is 4.55. The predicted molar refractivity (Wildman–Crippen MR) is 78.8 cm³/mol. The lowest BCUT2D eigenvalue weighted by molar-refractivity contribution is 0.410. The number of allylic oxidation sites excluding steroid dienone is 1. The molecule has 0 atom stereocenters. The maximum absolute atomic E-state index is 12.1. The highest BCUT2D eigenvalue weighted by Crippen LogP contribution is 2.30.